The zero-order valence-corrected chi connectivity index (χ0v) is 12.5. The molecule has 2 rings (SSSR count). The van der Waals surface area contributed by atoms with Gasteiger partial charge in [-0.1, -0.05) is 0 Å². The fourth-order valence-corrected chi connectivity index (χ4v) is 3.40. The Morgan fingerprint density at radius 1 is 1.29 bits per heavy atom. The Hall–Kier alpha value is -0.880. The maximum atomic E-state index is 12.4. The van der Waals surface area contributed by atoms with Gasteiger partial charge in [-0.15, -0.1) is 11.3 Å². The molecule has 0 saturated carbocycles. The number of hydrogen-bond acceptors (Lipinski definition) is 3. The van der Waals surface area contributed by atoms with Crippen LogP contribution < -0.4 is 11.2 Å². The van der Waals surface area contributed by atoms with Crippen LogP contribution in [0.4, 0.5) is 0 Å². The Balaban J connectivity index is 3.04. The van der Waals surface area contributed by atoms with E-state index in [1.165, 1.54) is 15.9 Å². The summed E-state index contributed by atoms with van der Waals surface area (Å²) in [6.45, 7) is 7.39. The number of halogens is 1. The minimum Gasteiger partial charge on any atom is -0.298 e. The Bertz CT molecular complexity index is 703. The lowest BCUT2D eigenvalue weighted by molar-refractivity contribution is 0.370. The van der Waals surface area contributed by atoms with E-state index in [-0.39, 0.29) is 11.2 Å². The highest BCUT2D eigenvalue weighted by Gasteiger charge is 2.22. The number of aryl methyl sites for hydroxylation is 1. The number of aromatic amines is 1. The van der Waals surface area contributed by atoms with Gasteiger partial charge in [0.1, 0.15) is 4.83 Å². The summed E-state index contributed by atoms with van der Waals surface area (Å²) < 4.78 is 2.15. The van der Waals surface area contributed by atoms with Gasteiger partial charge in [0.15, 0.2) is 0 Å². The van der Waals surface area contributed by atoms with E-state index in [2.05, 4.69) is 20.9 Å². The van der Waals surface area contributed by atoms with Gasteiger partial charge in [-0.25, -0.2) is 4.79 Å². The number of fused-ring (bicyclic) bond motifs is 1. The van der Waals surface area contributed by atoms with Crippen LogP contribution in [-0.4, -0.2) is 9.55 Å². The molecule has 2 aromatic rings. The minimum atomic E-state index is -0.528. The molecule has 0 fully saturated rings. The van der Waals surface area contributed by atoms with Crippen LogP contribution in [0.25, 0.3) is 10.2 Å². The zero-order valence-electron chi connectivity index (χ0n) is 10.0. The van der Waals surface area contributed by atoms with Gasteiger partial charge >= 0.3 is 5.69 Å². The highest BCUT2D eigenvalue weighted by molar-refractivity contribution is 9.11. The molecule has 0 bridgehead atoms. The number of hydrogen-bond donors (Lipinski definition) is 1. The van der Waals surface area contributed by atoms with Crippen LogP contribution in [0.1, 0.15) is 26.3 Å². The first kappa shape index (κ1) is 12.6. The molecular weight excluding hydrogens is 304 g/mol. The van der Waals surface area contributed by atoms with E-state index in [4.69, 9.17) is 0 Å². The van der Waals surface area contributed by atoms with E-state index in [0.29, 0.717) is 10.2 Å². The molecule has 0 aromatic carbocycles. The molecule has 0 saturated heterocycles. The molecule has 0 unspecified atom stereocenters. The van der Waals surface area contributed by atoms with E-state index in [1.807, 2.05) is 27.7 Å². The Labute approximate surface area is 110 Å². The van der Waals surface area contributed by atoms with Crippen LogP contribution in [0.5, 0.6) is 0 Å². The summed E-state index contributed by atoms with van der Waals surface area (Å²) in [5.74, 6) is 0. The Morgan fingerprint density at radius 2 is 1.88 bits per heavy atom. The first-order chi connectivity index (χ1) is 7.73. The summed E-state index contributed by atoms with van der Waals surface area (Å²) in [7, 11) is 0. The van der Waals surface area contributed by atoms with Crippen LogP contribution in [0.2, 0.25) is 0 Å². The van der Waals surface area contributed by atoms with E-state index in [1.54, 1.807) is 0 Å². The van der Waals surface area contributed by atoms with Crippen molar-refractivity contribution in [1.29, 1.82) is 0 Å². The van der Waals surface area contributed by atoms with Crippen LogP contribution in [0.3, 0.4) is 0 Å². The second-order valence-corrected chi connectivity index (χ2v) is 7.28. The quantitative estimate of drug-likeness (QED) is 0.812. The predicted molar refractivity (Wildman–Crippen MR) is 74.1 cm³/mol. The van der Waals surface area contributed by atoms with Crippen molar-refractivity contribution in [3.63, 3.8) is 0 Å². The molecule has 0 spiro atoms. The molecular formula is C11H13BrN2O2S. The molecule has 92 valence electrons. The molecule has 0 radical (unpaired) electrons. The van der Waals surface area contributed by atoms with Gasteiger partial charge in [0.05, 0.1) is 9.17 Å². The standard InChI is InChI=1S/C11H13BrN2O2S/c1-5-6-8(17-7(5)12)13-10(16)14(9(6)15)11(2,3)4/h1-4H3,(H,13,16). The molecule has 2 aromatic heterocycles. The molecule has 17 heavy (non-hydrogen) atoms. The summed E-state index contributed by atoms with van der Waals surface area (Å²) in [6.07, 6.45) is 0. The van der Waals surface area contributed by atoms with Gasteiger partial charge in [0, 0.05) is 5.54 Å². The minimum absolute atomic E-state index is 0.226. The van der Waals surface area contributed by atoms with Crippen LogP contribution >= 0.6 is 27.3 Å². The average molecular weight is 317 g/mol. The summed E-state index contributed by atoms with van der Waals surface area (Å²) in [6, 6.07) is 0. The first-order valence-corrected chi connectivity index (χ1v) is 6.79. The normalized spacial score (nSPS) is 12.3. The topological polar surface area (TPSA) is 54.9 Å². The number of thiophene rings is 1. The lowest BCUT2D eigenvalue weighted by Gasteiger charge is -2.20. The summed E-state index contributed by atoms with van der Waals surface area (Å²) >= 11 is 4.76. The van der Waals surface area contributed by atoms with Gasteiger partial charge in [0.2, 0.25) is 0 Å². The number of nitrogens with zero attached hydrogens (tertiary/aromatic N) is 1. The number of H-pyrrole nitrogens is 1. The van der Waals surface area contributed by atoms with Gasteiger partial charge in [-0.2, -0.15) is 0 Å². The van der Waals surface area contributed by atoms with Crippen molar-refractivity contribution in [2.75, 3.05) is 0 Å². The molecule has 4 nitrogen and oxygen atoms in total. The van der Waals surface area contributed by atoms with Gasteiger partial charge in [-0.05, 0) is 49.2 Å². The van der Waals surface area contributed by atoms with E-state index in [9.17, 15) is 9.59 Å². The van der Waals surface area contributed by atoms with Crippen molar-refractivity contribution in [2.24, 2.45) is 0 Å². The number of aromatic nitrogens is 2. The smallest absolute Gasteiger partial charge is 0.298 e. The van der Waals surface area contributed by atoms with Crippen LogP contribution in [-0.2, 0) is 5.54 Å². The molecule has 0 atom stereocenters. The van der Waals surface area contributed by atoms with Crippen molar-refractivity contribution in [3.8, 4) is 0 Å². The van der Waals surface area contributed by atoms with E-state index < -0.39 is 5.54 Å². The molecule has 0 aliphatic rings. The van der Waals surface area contributed by atoms with Crippen molar-refractivity contribution in [1.82, 2.24) is 9.55 Å². The lowest BCUT2D eigenvalue weighted by atomic mass is 10.1. The molecule has 0 aliphatic carbocycles. The summed E-state index contributed by atoms with van der Waals surface area (Å²) in [5.41, 5.74) is -0.233. The second kappa shape index (κ2) is 3.81. The fraction of sp³-hybridized carbons (Fsp3) is 0.455. The van der Waals surface area contributed by atoms with Gasteiger partial charge < -0.3 is 0 Å². The van der Waals surface area contributed by atoms with Gasteiger partial charge in [-0.3, -0.25) is 14.3 Å². The van der Waals surface area contributed by atoms with Crippen molar-refractivity contribution in [2.45, 2.75) is 33.2 Å². The van der Waals surface area contributed by atoms with Crippen LogP contribution in [0, 0.1) is 6.92 Å². The van der Waals surface area contributed by atoms with Gasteiger partial charge in [0.25, 0.3) is 5.56 Å². The molecule has 2 heterocycles. The second-order valence-electron chi connectivity index (χ2n) is 4.95. The third-order valence-electron chi connectivity index (χ3n) is 2.60. The molecule has 0 amide bonds. The maximum absolute atomic E-state index is 12.4. The highest BCUT2D eigenvalue weighted by atomic mass is 79.9. The highest BCUT2D eigenvalue weighted by Crippen LogP contribution is 2.31. The van der Waals surface area contributed by atoms with E-state index in [0.717, 1.165) is 9.35 Å². The SMILES string of the molecule is Cc1c(Br)sc2[nH]c(=O)n(C(C)(C)C)c(=O)c12. The Kier molecular flexibility index (Phi) is 2.82. The molecule has 6 heteroatoms. The molecule has 0 aliphatic heterocycles. The van der Waals surface area contributed by atoms with Crippen molar-refractivity contribution < 1.29 is 0 Å². The van der Waals surface area contributed by atoms with Crippen molar-refractivity contribution in [3.05, 3.63) is 30.2 Å². The Morgan fingerprint density at radius 3 is 2.41 bits per heavy atom. The zero-order chi connectivity index (χ0) is 13.0. The monoisotopic (exact) mass is 316 g/mol. The number of nitrogens with one attached hydrogen (secondary N) is 1. The summed E-state index contributed by atoms with van der Waals surface area (Å²) in [5, 5.41) is 0.594. The maximum Gasteiger partial charge on any atom is 0.329 e. The number of rotatable bonds is 0. The third kappa shape index (κ3) is 1.89. The lowest BCUT2D eigenvalue weighted by Crippen LogP contribution is -2.44. The van der Waals surface area contributed by atoms with Crippen LogP contribution in [0.15, 0.2) is 13.4 Å². The largest absolute Gasteiger partial charge is 0.329 e. The third-order valence-corrected chi connectivity index (χ3v) is 4.68. The fourth-order valence-electron chi connectivity index (χ4n) is 1.80. The van der Waals surface area contributed by atoms with Crippen molar-refractivity contribution >= 4 is 37.5 Å². The average Bonchev–Trinajstić information content (AvgIpc) is 2.39. The van der Waals surface area contributed by atoms with E-state index >= 15 is 0 Å². The molecule has 1 N–H and O–H groups in total. The summed E-state index contributed by atoms with van der Waals surface area (Å²) in [4.78, 5) is 27.7. The first-order valence-electron chi connectivity index (χ1n) is 5.18. The predicted octanol–water partition coefficient (Wildman–Crippen LogP) is 2.58.